The fourth-order valence-electron chi connectivity index (χ4n) is 2.27. The number of halogens is 2. The largest absolute Gasteiger partial charge is 0.512 e. The lowest BCUT2D eigenvalue weighted by atomic mass is 10.2. The summed E-state index contributed by atoms with van der Waals surface area (Å²) in [5, 5.41) is 10.3. The lowest BCUT2D eigenvalue weighted by Gasteiger charge is -2.09. The van der Waals surface area contributed by atoms with Crippen molar-refractivity contribution in [2.45, 2.75) is 6.54 Å². The molecule has 3 rings (SSSR count). The van der Waals surface area contributed by atoms with Crippen molar-refractivity contribution in [3.05, 3.63) is 58.3 Å². The van der Waals surface area contributed by atoms with Gasteiger partial charge in [-0.15, -0.1) is 0 Å². The molecule has 0 aliphatic rings. The first-order chi connectivity index (χ1) is 10.6. The highest BCUT2D eigenvalue weighted by Crippen LogP contribution is 2.38. The first-order valence-corrected chi connectivity index (χ1v) is 7.09. The van der Waals surface area contributed by atoms with Gasteiger partial charge in [-0.25, -0.2) is 4.79 Å². The minimum atomic E-state index is -1.42. The molecule has 0 fully saturated rings. The van der Waals surface area contributed by atoms with Crippen LogP contribution in [0.3, 0.4) is 0 Å². The second-order valence-corrected chi connectivity index (χ2v) is 5.40. The summed E-state index contributed by atoms with van der Waals surface area (Å²) in [6, 6.07) is 8.84. The molecule has 22 heavy (non-hydrogen) atoms. The van der Waals surface area contributed by atoms with Crippen LogP contribution >= 0.6 is 23.2 Å². The van der Waals surface area contributed by atoms with Gasteiger partial charge in [0, 0.05) is 22.8 Å². The molecule has 1 aromatic carbocycles. The Hall–Kier alpha value is -2.24. The summed E-state index contributed by atoms with van der Waals surface area (Å²) in [5.74, 6) is 0.0724. The number of carbonyl (C=O) groups is 1. The molecule has 5 nitrogen and oxygen atoms in total. The van der Waals surface area contributed by atoms with E-state index in [1.165, 1.54) is 0 Å². The zero-order valence-corrected chi connectivity index (χ0v) is 12.7. The molecule has 0 spiro atoms. The van der Waals surface area contributed by atoms with Crippen LogP contribution in [-0.2, 0) is 6.54 Å². The Morgan fingerprint density at radius 2 is 1.95 bits per heavy atom. The van der Waals surface area contributed by atoms with Crippen molar-refractivity contribution in [2.24, 2.45) is 0 Å². The van der Waals surface area contributed by atoms with E-state index in [-0.39, 0.29) is 10.9 Å². The van der Waals surface area contributed by atoms with Gasteiger partial charge in [0.25, 0.3) is 0 Å². The van der Waals surface area contributed by atoms with Gasteiger partial charge in [0.15, 0.2) is 0 Å². The molecular formula is C15H10Cl2N2O3. The highest BCUT2D eigenvalue weighted by molar-refractivity contribution is 6.38. The third kappa shape index (κ3) is 2.73. The molecule has 2 heterocycles. The van der Waals surface area contributed by atoms with Gasteiger partial charge in [0.2, 0.25) is 5.88 Å². The summed E-state index contributed by atoms with van der Waals surface area (Å²) in [5.41, 5.74) is 1.68. The summed E-state index contributed by atoms with van der Waals surface area (Å²) in [6.07, 6.45) is 1.90. The molecule has 0 saturated carbocycles. The van der Waals surface area contributed by atoms with E-state index >= 15 is 0 Å². The maximum absolute atomic E-state index is 10.9. The highest BCUT2D eigenvalue weighted by atomic mass is 35.5. The fourth-order valence-corrected chi connectivity index (χ4v) is 2.74. The lowest BCUT2D eigenvalue weighted by Crippen LogP contribution is -2.09. The van der Waals surface area contributed by atoms with Crippen molar-refractivity contribution in [1.29, 1.82) is 0 Å². The average Bonchev–Trinajstić information content (AvgIpc) is 2.73. The minimum Gasteiger partial charge on any atom is -0.449 e. The van der Waals surface area contributed by atoms with E-state index in [9.17, 15) is 4.79 Å². The van der Waals surface area contributed by atoms with Crippen molar-refractivity contribution in [3.63, 3.8) is 0 Å². The molecule has 2 aromatic heterocycles. The summed E-state index contributed by atoms with van der Waals surface area (Å²) >= 11 is 12.2. The summed E-state index contributed by atoms with van der Waals surface area (Å²) in [7, 11) is 0. The van der Waals surface area contributed by atoms with Gasteiger partial charge in [-0.05, 0) is 35.9 Å². The van der Waals surface area contributed by atoms with E-state index in [1.807, 2.05) is 12.1 Å². The molecule has 1 N–H and O–H groups in total. The van der Waals surface area contributed by atoms with Gasteiger partial charge in [-0.3, -0.25) is 4.98 Å². The van der Waals surface area contributed by atoms with Crippen molar-refractivity contribution >= 4 is 40.3 Å². The van der Waals surface area contributed by atoms with Crippen LogP contribution in [0.15, 0.2) is 42.7 Å². The van der Waals surface area contributed by atoms with E-state index in [1.54, 1.807) is 35.2 Å². The first-order valence-electron chi connectivity index (χ1n) is 6.33. The number of fused-ring (bicyclic) bond motifs is 1. The molecule has 0 aliphatic carbocycles. The quantitative estimate of drug-likeness (QED) is 0.717. The minimum absolute atomic E-state index is 0.0724. The second kappa shape index (κ2) is 5.87. The van der Waals surface area contributed by atoms with Crippen LogP contribution < -0.4 is 4.74 Å². The summed E-state index contributed by atoms with van der Waals surface area (Å²) in [4.78, 5) is 14.9. The first kappa shape index (κ1) is 14.7. The number of hydrogen-bond donors (Lipinski definition) is 1. The molecule has 0 bridgehead atoms. The van der Waals surface area contributed by atoms with Crippen LogP contribution in [-0.4, -0.2) is 20.8 Å². The predicted octanol–water partition coefficient (Wildman–Crippen LogP) is 4.45. The number of aromatic nitrogens is 2. The molecule has 0 saturated heterocycles. The maximum Gasteiger partial charge on any atom is 0.512 e. The van der Waals surface area contributed by atoms with Crippen molar-refractivity contribution in [3.8, 4) is 5.88 Å². The molecule has 0 atom stereocenters. The van der Waals surface area contributed by atoms with Crippen LogP contribution in [0, 0.1) is 0 Å². The molecule has 112 valence electrons. The number of ether oxygens (including phenoxy) is 1. The molecular weight excluding hydrogens is 327 g/mol. The second-order valence-electron chi connectivity index (χ2n) is 4.59. The molecule has 7 heteroatoms. The van der Waals surface area contributed by atoms with Gasteiger partial charge in [0.05, 0.1) is 12.1 Å². The van der Waals surface area contributed by atoms with Gasteiger partial charge in [-0.1, -0.05) is 23.2 Å². The van der Waals surface area contributed by atoms with Gasteiger partial charge in [-0.2, -0.15) is 0 Å². The van der Waals surface area contributed by atoms with E-state index in [0.717, 1.165) is 11.1 Å². The van der Waals surface area contributed by atoms with E-state index in [2.05, 4.69) is 4.98 Å². The SMILES string of the molecule is O=C(O)Oc1c(Cl)c2cc(Cl)ccc2n1Cc1ccncc1. The van der Waals surface area contributed by atoms with E-state index in [0.29, 0.717) is 17.0 Å². The summed E-state index contributed by atoms with van der Waals surface area (Å²) < 4.78 is 6.55. The standard InChI is InChI=1S/C15H10Cl2N2O3/c16-10-1-2-12-11(7-10)13(17)14(22-15(20)21)19(12)8-9-3-5-18-6-4-9/h1-7H,8H2,(H,20,21). The molecule has 0 unspecified atom stereocenters. The van der Waals surface area contributed by atoms with Crippen molar-refractivity contribution < 1.29 is 14.6 Å². The number of hydrogen-bond acceptors (Lipinski definition) is 3. The molecule has 0 radical (unpaired) electrons. The zero-order valence-electron chi connectivity index (χ0n) is 11.2. The Bertz CT molecular complexity index is 847. The van der Waals surface area contributed by atoms with Crippen LogP contribution in [0.25, 0.3) is 10.9 Å². The van der Waals surface area contributed by atoms with Gasteiger partial charge >= 0.3 is 6.16 Å². The Kier molecular flexibility index (Phi) is 3.92. The van der Waals surface area contributed by atoms with Crippen molar-refractivity contribution in [1.82, 2.24) is 9.55 Å². The van der Waals surface area contributed by atoms with E-state index in [4.69, 9.17) is 33.0 Å². The van der Waals surface area contributed by atoms with Crippen LogP contribution in [0.1, 0.15) is 5.56 Å². The Balaban J connectivity index is 2.19. The topological polar surface area (TPSA) is 64.3 Å². The maximum atomic E-state index is 10.9. The van der Waals surface area contributed by atoms with Gasteiger partial charge in [0.1, 0.15) is 5.02 Å². The highest BCUT2D eigenvalue weighted by Gasteiger charge is 2.20. The van der Waals surface area contributed by atoms with Crippen LogP contribution in [0.2, 0.25) is 10.0 Å². The third-order valence-electron chi connectivity index (χ3n) is 3.19. The molecule has 3 aromatic rings. The summed E-state index contributed by atoms with van der Waals surface area (Å²) in [6.45, 7) is 0.399. The van der Waals surface area contributed by atoms with Crippen molar-refractivity contribution in [2.75, 3.05) is 0 Å². The van der Waals surface area contributed by atoms with Crippen LogP contribution in [0.5, 0.6) is 5.88 Å². The fraction of sp³-hybridized carbons (Fsp3) is 0.0667. The van der Waals surface area contributed by atoms with E-state index < -0.39 is 6.16 Å². The monoisotopic (exact) mass is 336 g/mol. The normalized spacial score (nSPS) is 10.8. The third-order valence-corrected chi connectivity index (χ3v) is 3.79. The number of pyridine rings is 1. The van der Waals surface area contributed by atoms with Crippen LogP contribution in [0.4, 0.5) is 4.79 Å². The average molecular weight is 337 g/mol. The Morgan fingerprint density at radius 3 is 2.64 bits per heavy atom. The number of rotatable bonds is 3. The number of nitrogens with zero attached hydrogens (tertiary/aromatic N) is 2. The number of benzene rings is 1. The number of carboxylic acid groups (broad SMARTS) is 1. The Labute approximate surface area is 135 Å². The zero-order chi connectivity index (χ0) is 15.7. The molecule has 0 aliphatic heterocycles. The molecule has 0 amide bonds. The van der Waals surface area contributed by atoms with Gasteiger partial charge < -0.3 is 14.4 Å². The smallest absolute Gasteiger partial charge is 0.449 e. The predicted molar refractivity (Wildman–Crippen MR) is 83.9 cm³/mol. The Morgan fingerprint density at radius 1 is 1.23 bits per heavy atom. The lowest BCUT2D eigenvalue weighted by molar-refractivity contribution is 0.141.